The van der Waals surface area contributed by atoms with Crippen LogP contribution < -0.4 is 0 Å². The van der Waals surface area contributed by atoms with Crippen LogP contribution in [0.4, 0.5) is 8.78 Å². The number of hydrogen-bond donors (Lipinski definition) is 0. The largest absolute Gasteiger partial charge is 0.399 e. The topological polar surface area (TPSA) is 88.4 Å². The van der Waals surface area contributed by atoms with Crippen LogP contribution in [0.3, 0.4) is 0 Å². The molecule has 12 heteroatoms. The quantitative estimate of drug-likeness (QED) is 0.432. The van der Waals surface area contributed by atoms with E-state index in [4.69, 9.17) is 25.4 Å². The van der Waals surface area contributed by atoms with Crippen LogP contribution in [0.2, 0.25) is 5.15 Å². The normalized spacial score (nSPS) is 20.9. The van der Waals surface area contributed by atoms with E-state index in [1.807, 2.05) is 0 Å². The SMILES string of the molecule is CCOP(=O)(OCC)C(F)(F)C[C@@H]1COC[C@@H]1Cn1cnc2c(Cl)ncnc21. The molecular formula is C16H22ClF2N4O4P. The van der Waals surface area contributed by atoms with Gasteiger partial charge >= 0.3 is 13.3 Å². The van der Waals surface area contributed by atoms with Crippen molar-refractivity contribution < 1.29 is 27.1 Å². The molecular weight excluding hydrogens is 417 g/mol. The number of alkyl halides is 2. The molecule has 3 rings (SSSR count). The highest BCUT2D eigenvalue weighted by atomic mass is 35.5. The maximum absolute atomic E-state index is 14.8. The minimum Gasteiger partial charge on any atom is -0.381 e. The van der Waals surface area contributed by atoms with E-state index < -0.39 is 25.6 Å². The van der Waals surface area contributed by atoms with Crippen LogP contribution in [0.15, 0.2) is 12.7 Å². The summed E-state index contributed by atoms with van der Waals surface area (Å²) in [6, 6.07) is 0. The average Bonchev–Trinajstić information content (AvgIpc) is 3.24. The monoisotopic (exact) mass is 438 g/mol. The second-order valence-electron chi connectivity index (χ2n) is 6.49. The minimum absolute atomic E-state index is 0.126. The molecule has 0 radical (unpaired) electrons. The van der Waals surface area contributed by atoms with Gasteiger partial charge < -0.3 is 18.4 Å². The van der Waals surface area contributed by atoms with Crippen molar-refractivity contribution in [3.8, 4) is 0 Å². The maximum atomic E-state index is 14.8. The molecule has 0 saturated carbocycles. The molecule has 2 atom stereocenters. The molecule has 2 aromatic heterocycles. The van der Waals surface area contributed by atoms with Gasteiger partial charge in [-0.2, -0.15) is 8.78 Å². The van der Waals surface area contributed by atoms with Gasteiger partial charge in [0.1, 0.15) is 11.8 Å². The van der Waals surface area contributed by atoms with Crippen LogP contribution in [-0.4, -0.2) is 51.6 Å². The Morgan fingerprint density at radius 1 is 1.25 bits per heavy atom. The van der Waals surface area contributed by atoms with Crippen molar-refractivity contribution in [2.45, 2.75) is 32.5 Å². The van der Waals surface area contributed by atoms with E-state index in [1.165, 1.54) is 20.2 Å². The zero-order chi connectivity index (χ0) is 20.4. The molecule has 0 aromatic carbocycles. The lowest BCUT2D eigenvalue weighted by Crippen LogP contribution is -2.28. The van der Waals surface area contributed by atoms with Crippen LogP contribution in [0.5, 0.6) is 0 Å². The third-order valence-corrected chi connectivity index (χ3v) is 7.08. The molecule has 0 N–H and O–H groups in total. The summed E-state index contributed by atoms with van der Waals surface area (Å²) < 4.78 is 59.1. The molecule has 1 aliphatic rings. The van der Waals surface area contributed by atoms with E-state index in [0.717, 1.165) is 0 Å². The fourth-order valence-corrected chi connectivity index (χ4v) is 5.07. The zero-order valence-corrected chi connectivity index (χ0v) is 17.2. The van der Waals surface area contributed by atoms with E-state index in [-0.39, 0.29) is 30.9 Å². The Hall–Kier alpha value is -1.19. The molecule has 3 heterocycles. The van der Waals surface area contributed by atoms with Crippen molar-refractivity contribution >= 4 is 30.4 Å². The van der Waals surface area contributed by atoms with E-state index in [1.54, 1.807) is 10.9 Å². The third-order valence-electron chi connectivity index (χ3n) is 4.62. The Morgan fingerprint density at radius 3 is 2.61 bits per heavy atom. The predicted octanol–water partition coefficient (Wildman–Crippen LogP) is 3.99. The molecule has 0 unspecified atom stereocenters. The molecule has 0 spiro atoms. The number of rotatable bonds is 9. The highest BCUT2D eigenvalue weighted by Crippen LogP contribution is 2.64. The van der Waals surface area contributed by atoms with Crippen molar-refractivity contribution in [2.75, 3.05) is 26.4 Å². The van der Waals surface area contributed by atoms with Crippen LogP contribution in [0.25, 0.3) is 11.2 Å². The fourth-order valence-electron chi connectivity index (χ4n) is 3.30. The first kappa shape index (κ1) is 21.5. The van der Waals surface area contributed by atoms with E-state index >= 15 is 0 Å². The molecule has 1 fully saturated rings. The summed E-state index contributed by atoms with van der Waals surface area (Å²) >= 11 is 6.00. The summed E-state index contributed by atoms with van der Waals surface area (Å²) in [5, 5.41) is 0.226. The lowest BCUT2D eigenvalue weighted by molar-refractivity contribution is 0.0118. The number of imidazole rings is 1. The first-order chi connectivity index (χ1) is 13.3. The highest BCUT2D eigenvalue weighted by molar-refractivity contribution is 7.55. The van der Waals surface area contributed by atoms with Crippen molar-refractivity contribution in [1.82, 2.24) is 19.5 Å². The second-order valence-corrected chi connectivity index (χ2v) is 9.02. The van der Waals surface area contributed by atoms with Gasteiger partial charge in [0.05, 0.1) is 32.8 Å². The number of hydrogen-bond acceptors (Lipinski definition) is 7. The van der Waals surface area contributed by atoms with Gasteiger partial charge in [-0.25, -0.2) is 15.0 Å². The molecule has 1 saturated heterocycles. The molecule has 0 amide bonds. The third kappa shape index (κ3) is 4.21. The number of nitrogens with zero attached hydrogens (tertiary/aromatic N) is 4. The van der Waals surface area contributed by atoms with Crippen LogP contribution >= 0.6 is 19.2 Å². The summed E-state index contributed by atoms with van der Waals surface area (Å²) in [6.45, 7) is 3.55. The summed E-state index contributed by atoms with van der Waals surface area (Å²) in [7, 11) is -4.56. The standard InChI is InChI=1S/C16H22ClF2N4O4P/c1-3-26-28(24,27-4-2)16(18,19)5-11-7-25-8-12(11)6-23-10-22-13-14(17)20-9-21-15(13)23/h9-12H,3-8H2,1-2H3/t11-,12+/m1/s1. The Labute approximate surface area is 166 Å². The molecule has 156 valence electrons. The van der Waals surface area contributed by atoms with Gasteiger partial charge in [0, 0.05) is 18.9 Å². The molecule has 0 aliphatic carbocycles. The van der Waals surface area contributed by atoms with Gasteiger partial charge in [0.15, 0.2) is 10.8 Å². The van der Waals surface area contributed by atoms with Crippen molar-refractivity contribution in [2.24, 2.45) is 11.8 Å². The fraction of sp³-hybridized carbons (Fsp3) is 0.688. The first-order valence-corrected chi connectivity index (χ1v) is 10.9. The Balaban J connectivity index is 1.77. The molecule has 8 nitrogen and oxygen atoms in total. The van der Waals surface area contributed by atoms with Crippen LogP contribution in [0, 0.1) is 11.8 Å². The van der Waals surface area contributed by atoms with E-state index in [2.05, 4.69) is 15.0 Å². The van der Waals surface area contributed by atoms with Gasteiger partial charge in [-0.3, -0.25) is 4.57 Å². The van der Waals surface area contributed by atoms with E-state index in [0.29, 0.717) is 24.3 Å². The summed E-state index contributed by atoms with van der Waals surface area (Å²) in [4.78, 5) is 12.2. The summed E-state index contributed by atoms with van der Waals surface area (Å²) in [5.74, 6) is -0.771. The molecule has 28 heavy (non-hydrogen) atoms. The van der Waals surface area contributed by atoms with Gasteiger partial charge in [-0.05, 0) is 19.8 Å². The maximum Gasteiger partial charge on any atom is 0.399 e. The van der Waals surface area contributed by atoms with Crippen molar-refractivity contribution in [1.29, 1.82) is 0 Å². The highest BCUT2D eigenvalue weighted by Gasteiger charge is 2.55. The minimum atomic E-state index is -4.56. The smallest absolute Gasteiger partial charge is 0.381 e. The lowest BCUT2D eigenvalue weighted by Gasteiger charge is -2.29. The Morgan fingerprint density at radius 2 is 1.93 bits per heavy atom. The van der Waals surface area contributed by atoms with Gasteiger partial charge in [-0.15, -0.1) is 0 Å². The average molecular weight is 439 g/mol. The van der Waals surface area contributed by atoms with Crippen molar-refractivity contribution in [3.63, 3.8) is 0 Å². The predicted molar refractivity (Wildman–Crippen MR) is 98.6 cm³/mol. The van der Waals surface area contributed by atoms with Gasteiger partial charge in [0.25, 0.3) is 0 Å². The first-order valence-electron chi connectivity index (χ1n) is 8.97. The van der Waals surface area contributed by atoms with E-state index in [9.17, 15) is 13.3 Å². The van der Waals surface area contributed by atoms with Gasteiger partial charge in [-0.1, -0.05) is 11.6 Å². The number of halogens is 3. The Bertz CT molecular complexity index is 858. The molecule has 2 aromatic rings. The summed E-state index contributed by atoms with van der Waals surface area (Å²) in [5.41, 5.74) is -2.65. The van der Waals surface area contributed by atoms with Crippen molar-refractivity contribution in [3.05, 3.63) is 17.8 Å². The molecule has 1 aliphatic heterocycles. The lowest BCUT2D eigenvalue weighted by atomic mass is 9.93. The number of aromatic nitrogens is 4. The van der Waals surface area contributed by atoms with Crippen LogP contribution in [0.1, 0.15) is 20.3 Å². The number of ether oxygens (including phenoxy) is 1. The van der Waals surface area contributed by atoms with Crippen LogP contribution in [-0.2, 0) is 24.9 Å². The summed E-state index contributed by atoms with van der Waals surface area (Å²) in [6.07, 6.45) is 2.21. The van der Waals surface area contributed by atoms with Gasteiger partial charge in [0.2, 0.25) is 0 Å². The molecule has 0 bridgehead atoms. The zero-order valence-electron chi connectivity index (χ0n) is 15.6. The Kier molecular flexibility index (Phi) is 6.66. The number of fused-ring (bicyclic) bond motifs is 1. The second kappa shape index (κ2) is 8.67.